The zero-order chi connectivity index (χ0) is 14.9. The van der Waals surface area contributed by atoms with Gasteiger partial charge in [-0.1, -0.05) is 17.3 Å². The molecule has 0 spiro atoms. The van der Waals surface area contributed by atoms with Crippen LogP contribution in [0.5, 0.6) is 5.75 Å². The Morgan fingerprint density at radius 2 is 2.09 bits per heavy atom. The van der Waals surface area contributed by atoms with Gasteiger partial charge < -0.3 is 15.0 Å². The van der Waals surface area contributed by atoms with E-state index in [9.17, 15) is 0 Å². The average Bonchev–Trinajstić information content (AvgIpc) is 2.90. The third-order valence-corrected chi connectivity index (χ3v) is 4.29. The number of nitrogens with two attached hydrogens (primary N) is 1. The van der Waals surface area contributed by atoms with E-state index in [1.165, 1.54) is 11.1 Å². The van der Waals surface area contributed by atoms with Crippen molar-refractivity contribution in [3.63, 3.8) is 0 Å². The van der Waals surface area contributed by atoms with Gasteiger partial charge in [0.1, 0.15) is 5.75 Å². The van der Waals surface area contributed by atoms with Crippen LogP contribution in [0.15, 0.2) is 22.7 Å². The van der Waals surface area contributed by atoms with Crippen molar-refractivity contribution in [1.29, 1.82) is 0 Å². The van der Waals surface area contributed by atoms with E-state index in [2.05, 4.69) is 30.1 Å². The molecule has 22 heavy (non-hydrogen) atoms. The summed E-state index contributed by atoms with van der Waals surface area (Å²) in [6.07, 6.45) is 3.60. The molecule has 2 N–H and O–H groups in total. The summed E-state index contributed by atoms with van der Waals surface area (Å²) in [7, 11) is 0. The molecule has 2 aromatic rings. The molecule has 0 aliphatic heterocycles. The molecule has 0 saturated heterocycles. The van der Waals surface area contributed by atoms with Crippen LogP contribution in [-0.4, -0.2) is 16.7 Å². The minimum atomic E-state index is -0.365. The zero-order valence-electron chi connectivity index (χ0n) is 13.0. The molecule has 0 atom stereocenters. The van der Waals surface area contributed by atoms with Crippen LogP contribution in [0.2, 0.25) is 0 Å². The molecular formula is C16H22ClN3O2. The Bertz CT molecular complexity index is 638. The van der Waals surface area contributed by atoms with Crippen molar-refractivity contribution in [2.24, 2.45) is 5.73 Å². The maximum atomic E-state index is 6.18. The van der Waals surface area contributed by atoms with Crippen LogP contribution >= 0.6 is 12.4 Å². The highest BCUT2D eigenvalue weighted by molar-refractivity contribution is 5.85. The molecular weight excluding hydrogens is 302 g/mol. The lowest BCUT2D eigenvalue weighted by Gasteiger charge is -2.34. The van der Waals surface area contributed by atoms with E-state index >= 15 is 0 Å². The summed E-state index contributed by atoms with van der Waals surface area (Å²) in [6, 6.07) is 6.05. The van der Waals surface area contributed by atoms with Gasteiger partial charge in [0.05, 0.1) is 18.6 Å². The van der Waals surface area contributed by atoms with Crippen LogP contribution < -0.4 is 10.5 Å². The smallest absolute Gasteiger partial charge is 0.230 e. The molecule has 0 unspecified atom stereocenters. The van der Waals surface area contributed by atoms with Crippen LogP contribution in [0, 0.1) is 13.8 Å². The van der Waals surface area contributed by atoms with E-state index in [0.717, 1.165) is 25.0 Å². The second-order valence-corrected chi connectivity index (χ2v) is 5.82. The van der Waals surface area contributed by atoms with Gasteiger partial charge >= 0.3 is 0 Å². The van der Waals surface area contributed by atoms with Gasteiger partial charge in [0.25, 0.3) is 0 Å². The first-order chi connectivity index (χ1) is 10.1. The molecule has 6 heteroatoms. The first-order valence-electron chi connectivity index (χ1n) is 7.39. The monoisotopic (exact) mass is 323 g/mol. The number of hydrogen-bond donors (Lipinski definition) is 1. The fourth-order valence-electron chi connectivity index (χ4n) is 2.47. The van der Waals surface area contributed by atoms with Crippen LogP contribution in [0.4, 0.5) is 0 Å². The number of aryl methyl sites for hydroxylation is 1. The van der Waals surface area contributed by atoms with Gasteiger partial charge in [-0.25, -0.2) is 0 Å². The standard InChI is InChI=1S/C16H21N3O2.ClH/c1-11-5-3-6-13(12(11)2)20-10-7-14-18-15(19-21-14)16(17)8-4-9-16;/h3,5-6H,4,7-10,17H2,1-2H3;1H. The summed E-state index contributed by atoms with van der Waals surface area (Å²) in [5.74, 6) is 2.13. The van der Waals surface area contributed by atoms with Crippen molar-refractivity contribution in [3.05, 3.63) is 41.0 Å². The Hall–Kier alpha value is -1.59. The van der Waals surface area contributed by atoms with Gasteiger partial charge in [-0.2, -0.15) is 4.98 Å². The molecule has 120 valence electrons. The second-order valence-electron chi connectivity index (χ2n) is 5.82. The van der Waals surface area contributed by atoms with Gasteiger partial charge in [0.15, 0.2) is 5.82 Å². The van der Waals surface area contributed by atoms with Crippen molar-refractivity contribution in [2.45, 2.75) is 45.1 Å². The maximum Gasteiger partial charge on any atom is 0.230 e. The van der Waals surface area contributed by atoms with E-state index in [1.807, 2.05) is 12.1 Å². The fourth-order valence-corrected chi connectivity index (χ4v) is 2.47. The Labute approximate surface area is 136 Å². The van der Waals surface area contributed by atoms with Gasteiger partial charge in [0.2, 0.25) is 5.89 Å². The number of ether oxygens (including phenoxy) is 1. The number of nitrogens with zero attached hydrogens (tertiary/aromatic N) is 2. The number of hydrogen-bond acceptors (Lipinski definition) is 5. The van der Waals surface area contributed by atoms with E-state index in [4.69, 9.17) is 15.0 Å². The van der Waals surface area contributed by atoms with Crippen molar-refractivity contribution in [2.75, 3.05) is 6.61 Å². The van der Waals surface area contributed by atoms with E-state index in [-0.39, 0.29) is 17.9 Å². The van der Waals surface area contributed by atoms with Crippen LogP contribution in [0.3, 0.4) is 0 Å². The molecule has 1 fully saturated rings. The highest BCUT2D eigenvalue weighted by atomic mass is 35.5. The van der Waals surface area contributed by atoms with Gasteiger partial charge in [-0.3, -0.25) is 0 Å². The number of halogens is 1. The fraction of sp³-hybridized carbons (Fsp3) is 0.500. The van der Waals surface area contributed by atoms with Gasteiger partial charge in [0, 0.05) is 0 Å². The summed E-state index contributed by atoms with van der Waals surface area (Å²) in [5, 5.41) is 4.00. The molecule has 1 aromatic carbocycles. The molecule has 3 rings (SSSR count). The summed E-state index contributed by atoms with van der Waals surface area (Å²) in [4.78, 5) is 4.39. The Balaban J connectivity index is 0.00000176. The first-order valence-corrected chi connectivity index (χ1v) is 7.39. The normalized spacial score (nSPS) is 15.8. The Kier molecular flexibility index (Phi) is 5.08. The van der Waals surface area contributed by atoms with Crippen LogP contribution in [-0.2, 0) is 12.0 Å². The zero-order valence-corrected chi connectivity index (χ0v) is 13.8. The predicted molar refractivity (Wildman–Crippen MR) is 86.4 cm³/mol. The third-order valence-electron chi connectivity index (χ3n) is 4.29. The lowest BCUT2D eigenvalue weighted by atomic mass is 9.77. The topological polar surface area (TPSA) is 74.2 Å². The molecule has 1 aliphatic rings. The van der Waals surface area contributed by atoms with E-state index in [1.54, 1.807) is 0 Å². The maximum absolute atomic E-state index is 6.18. The predicted octanol–water partition coefficient (Wildman–Crippen LogP) is 3.07. The molecule has 0 bridgehead atoms. The highest BCUT2D eigenvalue weighted by Gasteiger charge is 2.38. The van der Waals surface area contributed by atoms with E-state index in [0.29, 0.717) is 24.7 Å². The summed E-state index contributed by atoms with van der Waals surface area (Å²) in [5.41, 5.74) is 8.20. The van der Waals surface area contributed by atoms with Crippen LogP contribution in [0.25, 0.3) is 0 Å². The summed E-state index contributed by atoms with van der Waals surface area (Å²) < 4.78 is 11.1. The minimum Gasteiger partial charge on any atom is -0.493 e. The molecule has 1 heterocycles. The number of aromatic nitrogens is 2. The lowest BCUT2D eigenvalue weighted by molar-refractivity contribution is 0.228. The largest absolute Gasteiger partial charge is 0.493 e. The van der Waals surface area contributed by atoms with Crippen molar-refractivity contribution < 1.29 is 9.26 Å². The number of benzene rings is 1. The number of rotatable bonds is 5. The third kappa shape index (κ3) is 3.25. The minimum absolute atomic E-state index is 0. The molecule has 1 aliphatic carbocycles. The second kappa shape index (κ2) is 6.67. The van der Waals surface area contributed by atoms with Crippen LogP contribution in [0.1, 0.15) is 42.1 Å². The summed E-state index contributed by atoms with van der Waals surface area (Å²) >= 11 is 0. The Morgan fingerprint density at radius 1 is 1.32 bits per heavy atom. The first kappa shape index (κ1) is 16.8. The van der Waals surface area contributed by atoms with Gasteiger partial charge in [-0.15, -0.1) is 12.4 Å². The summed E-state index contributed by atoms with van der Waals surface area (Å²) in [6.45, 7) is 4.65. The molecule has 0 amide bonds. The van der Waals surface area contributed by atoms with Crippen molar-refractivity contribution >= 4 is 12.4 Å². The molecule has 0 radical (unpaired) electrons. The highest BCUT2D eigenvalue weighted by Crippen LogP contribution is 2.36. The molecule has 1 saturated carbocycles. The average molecular weight is 324 g/mol. The van der Waals surface area contributed by atoms with E-state index < -0.39 is 0 Å². The Morgan fingerprint density at radius 3 is 2.77 bits per heavy atom. The van der Waals surface area contributed by atoms with Crippen molar-refractivity contribution in [3.8, 4) is 5.75 Å². The molecule has 1 aromatic heterocycles. The van der Waals surface area contributed by atoms with Crippen molar-refractivity contribution in [1.82, 2.24) is 10.1 Å². The van der Waals surface area contributed by atoms with Gasteiger partial charge in [-0.05, 0) is 50.3 Å². The quantitative estimate of drug-likeness (QED) is 0.915. The SMILES string of the molecule is Cc1cccc(OCCc2nc(C3(N)CCC3)no2)c1C.Cl. The molecule has 5 nitrogen and oxygen atoms in total. The lowest BCUT2D eigenvalue weighted by Crippen LogP contribution is -2.44.